The average molecular weight is 335 g/mol. The number of piperazine rings is 1. The zero-order chi connectivity index (χ0) is 14.8. The van der Waals surface area contributed by atoms with E-state index in [1.54, 1.807) is 12.1 Å². The van der Waals surface area contributed by atoms with Crippen LogP contribution in [-0.2, 0) is 10.0 Å². The van der Waals surface area contributed by atoms with Gasteiger partial charge in [-0.3, -0.25) is 4.90 Å². The summed E-state index contributed by atoms with van der Waals surface area (Å²) in [6.45, 7) is 6.46. The van der Waals surface area contributed by atoms with E-state index in [1.807, 2.05) is 0 Å². The summed E-state index contributed by atoms with van der Waals surface area (Å²) in [5.74, 6) is 0. The summed E-state index contributed by atoms with van der Waals surface area (Å²) >= 11 is 11.5. The molecule has 0 spiro atoms. The quantitative estimate of drug-likeness (QED) is 0.848. The molecular formula is C13H16Cl2N2O2S. The molecule has 0 bridgehead atoms. The van der Waals surface area contributed by atoms with Crippen molar-refractivity contribution in [2.75, 3.05) is 32.7 Å². The molecule has 0 amide bonds. The van der Waals surface area contributed by atoms with Crippen LogP contribution in [0.1, 0.15) is 0 Å². The van der Waals surface area contributed by atoms with E-state index in [2.05, 4.69) is 11.5 Å². The van der Waals surface area contributed by atoms with E-state index in [4.69, 9.17) is 23.2 Å². The second kappa shape index (κ2) is 6.45. The molecule has 0 aromatic heterocycles. The van der Waals surface area contributed by atoms with Gasteiger partial charge in [0.2, 0.25) is 10.0 Å². The van der Waals surface area contributed by atoms with Crippen molar-refractivity contribution in [1.82, 2.24) is 9.21 Å². The number of halogens is 2. The van der Waals surface area contributed by atoms with Crippen molar-refractivity contribution in [3.05, 3.63) is 40.9 Å². The Hall–Kier alpha value is -0.590. The lowest BCUT2D eigenvalue weighted by Crippen LogP contribution is -2.48. The van der Waals surface area contributed by atoms with Gasteiger partial charge >= 0.3 is 0 Å². The minimum atomic E-state index is -3.44. The second-order valence-corrected chi connectivity index (χ2v) is 7.56. The van der Waals surface area contributed by atoms with Gasteiger partial charge in [-0.25, -0.2) is 8.42 Å². The molecule has 0 aliphatic carbocycles. The number of rotatable bonds is 4. The van der Waals surface area contributed by atoms with Gasteiger partial charge in [0.25, 0.3) is 0 Å². The molecule has 1 saturated heterocycles. The van der Waals surface area contributed by atoms with Crippen molar-refractivity contribution in [3.63, 3.8) is 0 Å². The molecule has 1 aromatic rings. The maximum Gasteiger partial charge on any atom is 0.243 e. The molecule has 110 valence electrons. The van der Waals surface area contributed by atoms with E-state index in [1.165, 1.54) is 16.4 Å². The van der Waals surface area contributed by atoms with Crippen LogP contribution in [0.25, 0.3) is 0 Å². The summed E-state index contributed by atoms with van der Waals surface area (Å²) in [6, 6.07) is 6.24. The van der Waals surface area contributed by atoms with Crippen molar-refractivity contribution in [3.8, 4) is 0 Å². The maximum absolute atomic E-state index is 12.4. The van der Waals surface area contributed by atoms with E-state index in [0.29, 0.717) is 42.8 Å². The third-order valence-corrected chi connectivity index (χ3v) is 5.46. The minimum Gasteiger partial charge on any atom is -0.296 e. The normalized spacial score (nSPS) is 18.1. The Balaban J connectivity index is 2.05. The largest absolute Gasteiger partial charge is 0.296 e. The Kier molecular flexibility index (Phi) is 5.09. The SMILES string of the molecule is C=C(Cl)CN1CCN(S(=O)(=O)c2ccc(Cl)cc2)CC1. The van der Waals surface area contributed by atoms with E-state index in [-0.39, 0.29) is 4.90 Å². The number of hydrogen-bond acceptors (Lipinski definition) is 3. The fraction of sp³-hybridized carbons (Fsp3) is 0.385. The molecule has 0 N–H and O–H groups in total. The fourth-order valence-electron chi connectivity index (χ4n) is 2.13. The lowest BCUT2D eigenvalue weighted by atomic mass is 10.3. The van der Waals surface area contributed by atoms with Crippen molar-refractivity contribution in [2.45, 2.75) is 4.90 Å². The van der Waals surface area contributed by atoms with Crippen molar-refractivity contribution in [2.24, 2.45) is 0 Å². The highest BCUT2D eigenvalue weighted by Crippen LogP contribution is 2.20. The molecule has 4 nitrogen and oxygen atoms in total. The lowest BCUT2D eigenvalue weighted by Gasteiger charge is -2.33. The van der Waals surface area contributed by atoms with Crippen LogP contribution in [0.3, 0.4) is 0 Å². The summed E-state index contributed by atoms with van der Waals surface area (Å²) < 4.78 is 26.4. The highest BCUT2D eigenvalue weighted by molar-refractivity contribution is 7.89. The fourth-order valence-corrected chi connectivity index (χ4v) is 3.84. The van der Waals surface area contributed by atoms with E-state index >= 15 is 0 Å². The first-order valence-corrected chi connectivity index (χ1v) is 8.40. The van der Waals surface area contributed by atoms with Crippen LogP contribution in [-0.4, -0.2) is 50.3 Å². The van der Waals surface area contributed by atoms with Crippen LogP contribution in [0.15, 0.2) is 40.8 Å². The summed E-state index contributed by atoms with van der Waals surface area (Å²) in [5, 5.41) is 1.09. The standard InChI is InChI=1S/C13H16Cl2N2O2S/c1-11(14)10-16-6-8-17(9-7-16)20(18,19)13-4-2-12(15)3-5-13/h2-5H,1,6-10H2. The average Bonchev–Trinajstić information content (AvgIpc) is 2.39. The van der Waals surface area contributed by atoms with Crippen LogP contribution >= 0.6 is 23.2 Å². The molecule has 1 aliphatic heterocycles. The number of nitrogens with zero attached hydrogens (tertiary/aromatic N) is 2. The predicted octanol–water partition coefficient (Wildman–Crippen LogP) is 2.40. The summed E-state index contributed by atoms with van der Waals surface area (Å²) in [7, 11) is -3.44. The first-order chi connectivity index (χ1) is 9.39. The van der Waals surface area contributed by atoms with Gasteiger partial charge in [-0.15, -0.1) is 0 Å². The topological polar surface area (TPSA) is 40.6 Å². The molecule has 7 heteroatoms. The third-order valence-electron chi connectivity index (χ3n) is 3.18. The molecule has 0 atom stereocenters. The van der Waals surface area contributed by atoms with Crippen molar-refractivity contribution in [1.29, 1.82) is 0 Å². The Bertz CT molecular complexity index is 579. The lowest BCUT2D eigenvalue weighted by molar-refractivity contribution is 0.203. The Morgan fingerprint density at radius 3 is 2.20 bits per heavy atom. The highest BCUT2D eigenvalue weighted by Gasteiger charge is 2.28. The Morgan fingerprint density at radius 1 is 1.15 bits per heavy atom. The Morgan fingerprint density at radius 2 is 1.70 bits per heavy atom. The van der Waals surface area contributed by atoms with E-state index in [0.717, 1.165) is 0 Å². The zero-order valence-corrected chi connectivity index (χ0v) is 13.3. The van der Waals surface area contributed by atoms with Gasteiger partial charge in [0.1, 0.15) is 0 Å². The molecule has 0 saturated carbocycles. The van der Waals surface area contributed by atoms with Gasteiger partial charge in [-0.1, -0.05) is 29.8 Å². The third kappa shape index (κ3) is 3.74. The van der Waals surface area contributed by atoms with Gasteiger partial charge in [0.15, 0.2) is 0 Å². The molecule has 1 heterocycles. The molecule has 2 rings (SSSR count). The van der Waals surface area contributed by atoms with E-state index in [9.17, 15) is 8.42 Å². The van der Waals surface area contributed by atoms with E-state index < -0.39 is 10.0 Å². The summed E-state index contributed by atoms with van der Waals surface area (Å²) in [6.07, 6.45) is 0. The van der Waals surface area contributed by atoms with Crippen molar-refractivity contribution >= 4 is 33.2 Å². The van der Waals surface area contributed by atoms with Gasteiger partial charge in [-0.2, -0.15) is 4.31 Å². The first-order valence-electron chi connectivity index (χ1n) is 6.21. The highest BCUT2D eigenvalue weighted by atomic mass is 35.5. The van der Waals surface area contributed by atoms with Crippen molar-refractivity contribution < 1.29 is 8.42 Å². The molecular weight excluding hydrogens is 319 g/mol. The molecule has 1 fully saturated rings. The maximum atomic E-state index is 12.4. The van der Waals surface area contributed by atoms with Gasteiger partial charge in [-0.05, 0) is 24.3 Å². The van der Waals surface area contributed by atoms with Gasteiger partial charge in [0.05, 0.1) is 4.90 Å². The van der Waals surface area contributed by atoms with Gasteiger partial charge < -0.3 is 0 Å². The summed E-state index contributed by atoms with van der Waals surface area (Å²) in [5.41, 5.74) is 0. The Labute approximate surface area is 129 Å². The first kappa shape index (κ1) is 15.8. The zero-order valence-electron chi connectivity index (χ0n) is 10.9. The monoisotopic (exact) mass is 334 g/mol. The molecule has 0 radical (unpaired) electrons. The molecule has 1 aliphatic rings. The molecule has 0 unspecified atom stereocenters. The van der Waals surface area contributed by atoms with Crippen LogP contribution < -0.4 is 0 Å². The number of hydrogen-bond donors (Lipinski definition) is 0. The van der Waals surface area contributed by atoms with Gasteiger partial charge in [0, 0.05) is 42.8 Å². The second-order valence-electron chi connectivity index (χ2n) is 4.65. The van der Waals surface area contributed by atoms with Crippen LogP contribution in [0.2, 0.25) is 5.02 Å². The minimum absolute atomic E-state index is 0.275. The number of sulfonamides is 1. The molecule has 1 aromatic carbocycles. The summed E-state index contributed by atoms with van der Waals surface area (Å²) in [4.78, 5) is 2.36. The molecule has 20 heavy (non-hydrogen) atoms. The van der Waals surface area contributed by atoms with Crippen LogP contribution in [0.5, 0.6) is 0 Å². The van der Waals surface area contributed by atoms with Crippen LogP contribution in [0.4, 0.5) is 0 Å². The smallest absolute Gasteiger partial charge is 0.243 e. The number of benzene rings is 1. The predicted molar refractivity (Wildman–Crippen MR) is 81.6 cm³/mol. The van der Waals surface area contributed by atoms with Crippen LogP contribution in [0, 0.1) is 0 Å².